The van der Waals surface area contributed by atoms with Crippen LogP contribution in [-0.4, -0.2) is 30.4 Å². The van der Waals surface area contributed by atoms with Crippen LogP contribution in [0.4, 0.5) is 16.2 Å². The summed E-state index contributed by atoms with van der Waals surface area (Å²) >= 11 is 11.9. The van der Waals surface area contributed by atoms with Gasteiger partial charge in [0.15, 0.2) is 0 Å². The van der Waals surface area contributed by atoms with E-state index in [1.165, 1.54) is 18.0 Å². The summed E-state index contributed by atoms with van der Waals surface area (Å²) in [6.07, 6.45) is 0. The van der Waals surface area contributed by atoms with Crippen LogP contribution in [0.5, 0.6) is 0 Å². The summed E-state index contributed by atoms with van der Waals surface area (Å²) < 4.78 is 0. The molecule has 0 fully saturated rings. The highest BCUT2D eigenvalue weighted by molar-refractivity contribution is 6.36. The molecule has 0 radical (unpaired) electrons. The number of halogens is 2. The van der Waals surface area contributed by atoms with E-state index in [0.29, 0.717) is 15.7 Å². The lowest BCUT2D eigenvalue weighted by molar-refractivity contribution is -0.116. The topological polar surface area (TPSA) is 61.4 Å². The average Bonchev–Trinajstić information content (AvgIpc) is 2.53. The third-order valence-corrected chi connectivity index (χ3v) is 4.19. The van der Waals surface area contributed by atoms with Crippen LogP contribution in [0.3, 0.4) is 0 Å². The minimum atomic E-state index is -0.444. The molecule has 3 amide bonds. The predicted octanol–water partition coefficient (Wildman–Crippen LogP) is 4.71. The van der Waals surface area contributed by atoms with E-state index in [1.807, 2.05) is 32.0 Å². The maximum absolute atomic E-state index is 12.2. The number of hydrogen-bond acceptors (Lipinski definition) is 2. The molecule has 0 unspecified atom stereocenters. The highest BCUT2D eigenvalue weighted by atomic mass is 35.5. The molecule has 132 valence electrons. The summed E-state index contributed by atoms with van der Waals surface area (Å²) in [6, 6.07) is 10.1. The molecule has 0 aliphatic carbocycles. The van der Waals surface area contributed by atoms with Gasteiger partial charge in [-0.05, 0) is 43.2 Å². The van der Waals surface area contributed by atoms with E-state index in [0.717, 1.165) is 16.8 Å². The van der Waals surface area contributed by atoms with Crippen LogP contribution in [0, 0.1) is 13.8 Å². The van der Waals surface area contributed by atoms with E-state index in [9.17, 15) is 9.59 Å². The van der Waals surface area contributed by atoms with Crippen molar-refractivity contribution in [2.75, 3.05) is 24.2 Å². The van der Waals surface area contributed by atoms with Gasteiger partial charge in [0, 0.05) is 17.8 Å². The van der Waals surface area contributed by atoms with Crippen LogP contribution in [0.15, 0.2) is 36.4 Å². The average molecular weight is 380 g/mol. The number of carbonyl (C=O) groups is 2. The van der Waals surface area contributed by atoms with Crippen LogP contribution in [-0.2, 0) is 4.79 Å². The monoisotopic (exact) mass is 379 g/mol. The summed E-state index contributed by atoms with van der Waals surface area (Å²) in [4.78, 5) is 25.7. The van der Waals surface area contributed by atoms with E-state index in [1.54, 1.807) is 12.1 Å². The van der Waals surface area contributed by atoms with Crippen LogP contribution in [0.1, 0.15) is 11.1 Å². The minimum absolute atomic E-state index is 0.0924. The summed E-state index contributed by atoms with van der Waals surface area (Å²) in [5.74, 6) is -0.280. The van der Waals surface area contributed by atoms with Crippen molar-refractivity contribution in [2.45, 2.75) is 13.8 Å². The molecule has 2 N–H and O–H groups in total. The zero-order valence-electron chi connectivity index (χ0n) is 14.2. The van der Waals surface area contributed by atoms with Crippen molar-refractivity contribution in [1.29, 1.82) is 0 Å². The fraction of sp³-hybridized carbons (Fsp3) is 0.222. The highest BCUT2D eigenvalue weighted by Gasteiger charge is 2.15. The standard InChI is InChI=1S/C18H19Cl2N3O2/c1-11-5-4-6-12(2)17(11)22-16(24)10-23(3)18(25)21-15-8-7-13(19)9-14(15)20/h4-9H,10H2,1-3H3,(H,21,25)(H,22,24). The van der Waals surface area contributed by atoms with E-state index < -0.39 is 6.03 Å². The Hall–Kier alpha value is -2.24. The Morgan fingerprint density at radius 1 is 1.04 bits per heavy atom. The number of amides is 3. The maximum Gasteiger partial charge on any atom is 0.322 e. The number of rotatable bonds is 4. The minimum Gasteiger partial charge on any atom is -0.324 e. The number of benzene rings is 2. The molecule has 0 saturated heterocycles. The van der Waals surface area contributed by atoms with Crippen molar-refractivity contribution >= 4 is 46.5 Å². The van der Waals surface area contributed by atoms with Gasteiger partial charge in [0.25, 0.3) is 0 Å². The van der Waals surface area contributed by atoms with Crippen LogP contribution in [0.25, 0.3) is 0 Å². The molecule has 0 heterocycles. The van der Waals surface area contributed by atoms with E-state index in [-0.39, 0.29) is 12.5 Å². The van der Waals surface area contributed by atoms with E-state index >= 15 is 0 Å². The number of likely N-dealkylation sites (N-methyl/N-ethyl adjacent to an activating group) is 1. The molecule has 0 bridgehead atoms. The first-order chi connectivity index (χ1) is 11.8. The Bertz CT molecular complexity index is 789. The fourth-order valence-electron chi connectivity index (χ4n) is 2.28. The van der Waals surface area contributed by atoms with Crippen molar-refractivity contribution in [3.63, 3.8) is 0 Å². The molecule has 0 saturated carbocycles. The zero-order chi connectivity index (χ0) is 18.6. The molecule has 2 aromatic rings. The van der Waals surface area contributed by atoms with Gasteiger partial charge in [0.05, 0.1) is 10.7 Å². The van der Waals surface area contributed by atoms with Crippen molar-refractivity contribution < 1.29 is 9.59 Å². The molecule has 2 aromatic carbocycles. The second kappa shape index (κ2) is 8.23. The van der Waals surface area contributed by atoms with Crippen molar-refractivity contribution in [1.82, 2.24) is 4.90 Å². The predicted molar refractivity (Wildman–Crippen MR) is 103 cm³/mol. The Balaban J connectivity index is 1.97. The lowest BCUT2D eigenvalue weighted by Crippen LogP contribution is -2.37. The molecule has 0 atom stereocenters. The van der Waals surface area contributed by atoms with E-state index in [2.05, 4.69) is 10.6 Å². The second-order valence-corrected chi connectivity index (χ2v) is 6.57. The van der Waals surface area contributed by atoms with Gasteiger partial charge in [0.1, 0.15) is 6.54 Å². The Labute approximate surface area is 156 Å². The molecule has 0 aromatic heterocycles. The first-order valence-corrected chi connectivity index (χ1v) is 8.36. The van der Waals surface area contributed by atoms with Gasteiger partial charge in [-0.25, -0.2) is 4.79 Å². The number of carbonyl (C=O) groups excluding carboxylic acids is 2. The molecule has 0 aliphatic heterocycles. The quantitative estimate of drug-likeness (QED) is 0.807. The third kappa shape index (κ3) is 5.11. The molecule has 5 nitrogen and oxygen atoms in total. The Morgan fingerprint density at radius 3 is 2.28 bits per heavy atom. The summed E-state index contributed by atoms with van der Waals surface area (Å²) in [5, 5.41) is 6.29. The summed E-state index contributed by atoms with van der Waals surface area (Å²) in [6.45, 7) is 3.74. The van der Waals surface area contributed by atoms with Crippen molar-refractivity contribution in [3.05, 3.63) is 57.6 Å². The number of nitrogens with one attached hydrogen (secondary N) is 2. The van der Waals surface area contributed by atoms with Gasteiger partial charge < -0.3 is 15.5 Å². The second-order valence-electron chi connectivity index (χ2n) is 5.73. The normalized spacial score (nSPS) is 10.3. The molecule has 0 aliphatic rings. The number of para-hydroxylation sites is 1. The van der Waals surface area contributed by atoms with E-state index in [4.69, 9.17) is 23.2 Å². The van der Waals surface area contributed by atoms with Crippen molar-refractivity contribution in [3.8, 4) is 0 Å². The lowest BCUT2D eigenvalue weighted by atomic mass is 10.1. The largest absolute Gasteiger partial charge is 0.324 e. The molecule has 7 heteroatoms. The molecule has 25 heavy (non-hydrogen) atoms. The van der Waals surface area contributed by atoms with Crippen LogP contribution < -0.4 is 10.6 Å². The Kier molecular flexibility index (Phi) is 6.28. The smallest absolute Gasteiger partial charge is 0.322 e. The molecular weight excluding hydrogens is 361 g/mol. The number of urea groups is 1. The van der Waals surface area contributed by atoms with Gasteiger partial charge in [-0.2, -0.15) is 0 Å². The van der Waals surface area contributed by atoms with Gasteiger partial charge in [-0.15, -0.1) is 0 Å². The molecule has 2 rings (SSSR count). The van der Waals surface area contributed by atoms with Gasteiger partial charge in [-0.3, -0.25) is 4.79 Å². The first-order valence-electron chi connectivity index (χ1n) is 7.61. The lowest BCUT2D eigenvalue weighted by Gasteiger charge is -2.19. The van der Waals surface area contributed by atoms with Crippen molar-refractivity contribution in [2.24, 2.45) is 0 Å². The number of anilines is 2. The zero-order valence-corrected chi connectivity index (χ0v) is 15.7. The fourth-order valence-corrected chi connectivity index (χ4v) is 2.74. The maximum atomic E-state index is 12.2. The van der Waals surface area contributed by atoms with Crippen LogP contribution >= 0.6 is 23.2 Å². The highest BCUT2D eigenvalue weighted by Crippen LogP contribution is 2.25. The SMILES string of the molecule is Cc1cccc(C)c1NC(=O)CN(C)C(=O)Nc1ccc(Cl)cc1Cl. The summed E-state index contributed by atoms with van der Waals surface area (Å²) in [5.41, 5.74) is 3.13. The molecular formula is C18H19Cl2N3O2. The van der Waals surface area contributed by atoms with Crippen LogP contribution in [0.2, 0.25) is 10.0 Å². The van der Waals surface area contributed by atoms with Gasteiger partial charge in [-0.1, -0.05) is 41.4 Å². The first kappa shape index (κ1) is 19.1. The summed E-state index contributed by atoms with van der Waals surface area (Å²) in [7, 11) is 1.53. The Morgan fingerprint density at radius 2 is 1.68 bits per heavy atom. The number of hydrogen-bond donors (Lipinski definition) is 2. The van der Waals surface area contributed by atoms with Gasteiger partial charge in [0.2, 0.25) is 5.91 Å². The third-order valence-electron chi connectivity index (χ3n) is 3.65. The number of aryl methyl sites for hydroxylation is 2. The number of nitrogens with zero attached hydrogens (tertiary/aromatic N) is 1. The molecule has 0 spiro atoms. The van der Waals surface area contributed by atoms with Gasteiger partial charge >= 0.3 is 6.03 Å².